The summed E-state index contributed by atoms with van der Waals surface area (Å²) in [7, 11) is 0. The second kappa shape index (κ2) is 8.07. The van der Waals surface area contributed by atoms with Crippen molar-refractivity contribution < 1.29 is 9.21 Å². The van der Waals surface area contributed by atoms with Crippen LogP contribution in [0, 0.1) is 20.8 Å². The van der Waals surface area contributed by atoms with E-state index in [0.717, 1.165) is 31.7 Å². The van der Waals surface area contributed by atoms with Crippen molar-refractivity contribution in [3.05, 3.63) is 65.3 Å². The number of rotatable bonds is 4. The average molecular weight is 390 g/mol. The molecule has 29 heavy (non-hydrogen) atoms. The number of piperazine rings is 1. The van der Waals surface area contributed by atoms with Gasteiger partial charge in [-0.15, -0.1) is 0 Å². The maximum absolute atomic E-state index is 12.8. The van der Waals surface area contributed by atoms with Crippen LogP contribution in [0.1, 0.15) is 22.6 Å². The number of amides is 1. The number of aryl methyl sites for hydroxylation is 2. The maximum atomic E-state index is 12.8. The van der Waals surface area contributed by atoms with Crippen molar-refractivity contribution >= 4 is 11.6 Å². The van der Waals surface area contributed by atoms with E-state index in [1.807, 2.05) is 24.0 Å². The summed E-state index contributed by atoms with van der Waals surface area (Å²) < 4.78 is 5.76. The Morgan fingerprint density at radius 2 is 1.86 bits per heavy atom. The van der Waals surface area contributed by atoms with E-state index in [9.17, 15) is 4.79 Å². The first-order valence-corrected chi connectivity index (χ1v) is 9.98. The minimum atomic E-state index is 0.0970. The summed E-state index contributed by atoms with van der Waals surface area (Å²) in [6.07, 6.45) is 3.68. The maximum Gasteiger partial charge on any atom is 0.228 e. The predicted molar refractivity (Wildman–Crippen MR) is 113 cm³/mol. The Labute approximate surface area is 171 Å². The van der Waals surface area contributed by atoms with Gasteiger partial charge in [-0.1, -0.05) is 12.1 Å². The molecule has 1 aromatic carbocycles. The molecule has 1 fully saturated rings. The van der Waals surface area contributed by atoms with Crippen molar-refractivity contribution in [1.29, 1.82) is 0 Å². The highest BCUT2D eigenvalue weighted by molar-refractivity contribution is 5.79. The minimum Gasteiger partial charge on any atom is -0.441 e. The van der Waals surface area contributed by atoms with Gasteiger partial charge in [0.2, 0.25) is 11.8 Å². The lowest BCUT2D eigenvalue weighted by molar-refractivity contribution is -0.130. The molecule has 0 N–H and O–H groups in total. The zero-order valence-corrected chi connectivity index (χ0v) is 17.2. The third-order valence-electron chi connectivity index (χ3n) is 5.67. The molecule has 3 heterocycles. The number of hydrogen-bond donors (Lipinski definition) is 0. The lowest BCUT2D eigenvalue weighted by Crippen LogP contribution is -2.49. The predicted octanol–water partition coefficient (Wildman–Crippen LogP) is 3.55. The lowest BCUT2D eigenvalue weighted by Gasteiger charge is -2.37. The zero-order valence-electron chi connectivity index (χ0n) is 17.2. The van der Waals surface area contributed by atoms with Crippen LogP contribution >= 0.6 is 0 Å². The first kappa shape index (κ1) is 19.2. The second-order valence-corrected chi connectivity index (χ2v) is 7.53. The summed E-state index contributed by atoms with van der Waals surface area (Å²) in [5.74, 6) is 1.30. The Hall–Kier alpha value is -3.15. The number of carbonyl (C=O) groups excluding carboxylic acids is 1. The molecule has 1 aliphatic heterocycles. The van der Waals surface area contributed by atoms with Gasteiger partial charge in [0.1, 0.15) is 5.76 Å². The molecule has 0 aliphatic carbocycles. The highest BCUT2D eigenvalue weighted by atomic mass is 16.4. The number of anilines is 1. The van der Waals surface area contributed by atoms with E-state index in [-0.39, 0.29) is 12.3 Å². The molecule has 6 nitrogen and oxygen atoms in total. The molecule has 6 heteroatoms. The zero-order chi connectivity index (χ0) is 20.4. The van der Waals surface area contributed by atoms with Gasteiger partial charge in [-0.25, -0.2) is 4.98 Å². The monoisotopic (exact) mass is 390 g/mol. The average Bonchev–Trinajstić information content (AvgIpc) is 3.11. The molecule has 0 unspecified atom stereocenters. The van der Waals surface area contributed by atoms with E-state index in [4.69, 9.17) is 4.42 Å². The third-order valence-corrected chi connectivity index (χ3v) is 5.67. The van der Waals surface area contributed by atoms with E-state index >= 15 is 0 Å². The van der Waals surface area contributed by atoms with Crippen molar-refractivity contribution in [2.45, 2.75) is 27.2 Å². The SMILES string of the molecule is Cc1cccc(N2CCN(C(=O)Cc3nc(-c4cccnc4)oc3C)CC2)c1C. The minimum absolute atomic E-state index is 0.0970. The molecule has 2 aromatic heterocycles. The molecule has 0 bridgehead atoms. The molecule has 0 atom stereocenters. The number of hydrogen-bond acceptors (Lipinski definition) is 5. The highest BCUT2D eigenvalue weighted by Crippen LogP contribution is 2.25. The third kappa shape index (κ3) is 4.01. The number of carbonyl (C=O) groups is 1. The Morgan fingerprint density at radius 3 is 2.59 bits per heavy atom. The van der Waals surface area contributed by atoms with Crippen molar-refractivity contribution in [1.82, 2.24) is 14.9 Å². The molecule has 3 aromatic rings. The Balaban J connectivity index is 1.39. The molecule has 0 spiro atoms. The Bertz CT molecular complexity index is 1000. The van der Waals surface area contributed by atoms with Gasteiger partial charge in [-0.3, -0.25) is 9.78 Å². The van der Waals surface area contributed by atoms with Gasteiger partial charge in [-0.2, -0.15) is 0 Å². The standard InChI is InChI=1S/C23H26N4O2/c1-16-6-4-8-21(17(16)2)26-10-12-27(13-11-26)22(28)14-20-18(3)29-23(25-20)19-7-5-9-24-15-19/h4-9,15H,10-14H2,1-3H3. The Kier molecular flexibility index (Phi) is 5.34. The van der Waals surface area contributed by atoms with Gasteiger partial charge in [0.15, 0.2) is 0 Å². The largest absolute Gasteiger partial charge is 0.441 e. The van der Waals surface area contributed by atoms with Crippen LogP contribution < -0.4 is 4.90 Å². The normalized spacial score (nSPS) is 14.3. The van der Waals surface area contributed by atoms with Crippen LogP contribution in [0.5, 0.6) is 0 Å². The van der Waals surface area contributed by atoms with Crippen molar-refractivity contribution in [2.24, 2.45) is 0 Å². The summed E-state index contributed by atoms with van der Waals surface area (Å²) in [6.45, 7) is 9.28. The summed E-state index contributed by atoms with van der Waals surface area (Å²) >= 11 is 0. The Morgan fingerprint density at radius 1 is 1.07 bits per heavy atom. The van der Waals surface area contributed by atoms with Crippen molar-refractivity contribution in [2.75, 3.05) is 31.1 Å². The van der Waals surface area contributed by atoms with E-state index in [1.54, 1.807) is 12.4 Å². The fourth-order valence-corrected chi connectivity index (χ4v) is 3.73. The molecule has 150 valence electrons. The first-order chi connectivity index (χ1) is 14.0. The molecular formula is C23H26N4O2. The van der Waals surface area contributed by atoms with Crippen LogP contribution in [0.15, 0.2) is 47.1 Å². The molecule has 0 radical (unpaired) electrons. The van der Waals surface area contributed by atoms with Gasteiger partial charge in [0.05, 0.1) is 17.7 Å². The van der Waals surface area contributed by atoms with E-state index in [1.165, 1.54) is 16.8 Å². The van der Waals surface area contributed by atoms with Crippen LogP contribution in [-0.4, -0.2) is 47.0 Å². The van der Waals surface area contributed by atoms with Crippen LogP contribution in [-0.2, 0) is 11.2 Å². The summed E-state index contributed by atoms with van der Waals surface area (Å²) in [5.41, 5.74) is 5.40. The fourth-order valence-electron chi connectivity index (χ4n) is 3.73. The van der Waals surface area contributed by atoms with Crippen molar-refractivity contribution in [3.63, 3.8) is 0 Å². The number of oxazole rings is 1. The van der Waals surface area contributed by atoms with Gasteiger partial charge >= 0.3 is 0 Å². The van der Waals surface area contributed by atoms with E-state index in [0.29, 0.717) is 17.3 Å². The summed E-state index contributed by atoms with van der Waals surface area (Å²) in [4.78, 5) is 25.8. The molecule has 4 rings (SSSR count). The van der Waals surface area contributed by atoms with Gasteiger partial charge in [-0.05, 0) is 50.1 Å². The van der Waals surface area contributed by atoms with Crippen LogP contribution in [0.25, 0.3) is 11.5 Å². The lowest BCUT2D eigenvalue weighted by atomic mass is 10.1. The van der Waals surface area contributed by atoms with E-state index < -0.39 is 0 Å². The highest BCUT2D eigenvalue weighted by Gasteiger charge is 2.24. The quantitative estimate of drug-likeness (QED) is 0.682. The first-order valence-electron chi connectivity index (χ1n) is 9.98. The summed E-state index contributed by atoms with van der Waals surface area (Å²) in [5, 5.41) is 0. The molecular weight excluding hydrogens is 364 g/mol. The van der Waals surface area contributed by atoms with Crippen molar-refractivity contribution in [3.8, 4) is 11.5 Å². The van der Waals surface area contributed by atoms with Gasteiger partial charge < -0.3 is 14.2 Å². The second-order valence-electron chi connectivity index (χ2n) is 7.53. The van der Waals surface area contributed by atoms with E-state index in [2.05, 4.69) is 46.9 Å². The molecule has 1 amide bonds. The topological polar surface area (TPSA) is 62.5 Å². The molecule has 1 aliphatic rings. The number of benzene rings is 1. The number of pyridine rings is 1. The number of nitrogens with zero attached hydrogens (tertiary/aromatic N) is 4. The van der Waals surface area contributed by atoms with Gasteiger partial charge in [0, 0.05) is 44.3 Å². The van der Waals surface area contributed by atoms with Gasteiger partial charge in [0.25, 0.3) is 0 Å². The fraction of sp³-hybridized carbons (Fsp3) is 0.348. The van der Waals surface area contributed by atoms with Crippen LogP contribution in [0.2, 0.25) is 0 Å². The summed E-state index contributed by atoms with van der Waals surface area (Å²) in [6, 6.07) is 10.1. The molecule has 0 saturated carbocycles. The van der Waals surface area contributed by atoms with Crippen LogP contribution in [0.3, 0.4) is 0 Å². The smallest absolute Gasteiger partial charge is 0.228 e. The molecule has 1 saturated heterocycles. The van der Waals surface area contributed by atoms with Crippen LogP contribution in [0.4, 0.5) is 5.69 Å². The number of aromatic nitrogens is 2.